The monoisotopic (exact) mass is 265 g/mol. The number of ether oxygens (including phenoxy) is 2. The molecule has 1 heterocycles. The maximum atomic E-state index is 11.5. The Labute approximate surface area is 92.7 Å². The fraction of sp³-hybridized carbons (Fsp3) is 0.889. The average Bonchev–Trinajstić information content (AvgIpc) is 2.45. The number of halogens is 1. The summed E-state index contributed by atoms with van der Waals surface area (Å²) < 4.78 is 10.4. The Morgan fingerprint density at radius 1 is 1.57 bits per heavy atom. The van der Waals surface area contributed by atoms with E-state index in [2.05, 4.69) is 15.9 Å². The number of alkyl halides is 1. The SMILES string of the molecule is COC(C)(CN1CC(Br)CC1=O)OC. The molecule has 0 aromatic carbocycles. The molecule has 0 aliphatic carbocycles. The Morgan fingerprint density at radius 2 is 2.14 bits per heavy atom. The lowest BCUT2D eigenvalue weighted by molar-refractivity contribution is -0.203. The van der Waals surface area contributed by atoms with Crippen LogP contribution in [0.5, 0.6) is 0 Å². The first-order valence-electron chi connectivity index (χ1n) is 4.53. The molecule has 1 amide bonds. The number of nitrogens with zero attached hydrogens (tertiary/aromatic N) is 1. The summed E-state index contributed by atoms with van der Waals surface area (Å²) in [5, 5.41) is 0. The highest BCUT2D eigenvalue weighted by molar-refractivity contribution is 9.09. The molecule has 1 saturated heterocycles. The van der Waals surface area contributed by atoms with E-state index in [-0.39, 0.29) is 10.7 Å². The highest BCUT2D eigenvalue weighted by Crippen LogP contribution is 2.21. The summed E-state index contributed by atoms with van der Waals surface area (Å²) in [5.41, 5.74) is 0. The molecule has 0 spiro atoms. The molecule has 0 bridgehead atoms. The van der Waals surface area contributed by atoms with Crippen LogP contribution in [0.25, 0.3) is 0 Å². The topological polar surface area (TPSA) is 38.8 Å². The van der Waals surface area contributed by atoms with Crippen molar-refractivity contribution in [1.82, 2.24) is 4.90 Å². The molecule has 1 unspecified atom stereocenters. The van der Waals surface area contributed by atoms with Crippen molar-refractivity contribution in [2.24, 2.45) is 0 Å². The molecule has 1 atom stereocenters. The van der Waals surface area contributed by atoms with Gasteiger partial charge < -0.3 is 14.4 Å². The van der Waals surface area contributed by atoms with E-state index in [4.69, 9.17) is 9.47 Å². The van der Waals surface area contributed by atoms with Crippen LogP contribution >= 0.6 is 15.9 Å². The summed E-state index contributed by atoms with van der Waals surface area (Å²) >= 11 is 3.43. The second-order valence-electron chi connectivity index (χ2n) is 3.62. The molecule has 1 aliphatic rings. The summed E-state index contributed by atoms with van der Waals surface area (Å²) in [6.45, 7) is 3.02. The van der Waals surface area contributed by atoms with E-state index in [0.29, 0.717) is 13.0 Å². The maximum absolute atomic E-state index is 11.5. The van der Waals surface area contributed by atoms with Crippen LogP contribution in [0.3, 0.4) is 0 Å². The van der Waals surface area contributed by atoms with Crippen molar-refractivity contribution in [1.29, 1.82) is 0 Å². The number of likely N-dealkylation sites (tertiary alicyclic amines) is 1. The van der Waals surface area contributed by atoms with Crippen LogP contribution in [0.2, 0.25) is 0 Å². The van der Waals surface area contributed by atoms with E-state index in [1.165, 1.54) is 0 Å². The highest BCUT2D eigenvalue weighted by Gasteiger charge is 2.34. The average molecular weight is 266 g/mol. The van der Waals surface area contributed by atoms with Crippen molar-refractivity contribution in [3.63, 3.8) is 0 Å². The molecule has 1 fully saturated rings. The first kappa shape index (κ1) is 11.9. The Balaban J connectivity index is 2.55. The third-order valence-electron chi connectivity index (χ3n) is 2.51. The summed E-state index contributed by atoms with van der Waals surface area (Å²) in [5.74, 6) is -0.556. The summed E-state index contributed by atoms with van der Waals surface area (Å²) in [6, 6.07) is 0. The molecule has 82 valence electrons. The largest absolute Gasteiger partial charge is 0.352 e. The smallest absolute Gasteiger partial charge is 0.223 e. The fourth-order valence-corrected chi connectivity index (χ4v) is 2.06. The minimum atomic E-state index is -0.702. The van der Waals surface area contributed by atoms with Crippen molar-refractivity contribution in [3.8, 4) is 0 Å². The van der Waals surface area contributed by atoms with Gasteiger partial charge in [0.2, 0.25) is 5.91 Å². The van der Waals surface area contributed by atoms with Gasteiger partial charge in [0.1, 0.15) is 0 Å². The summed E-state index contributed by atoms with van der Waals surface area (Å²) in [4.78, 5) is 13.5. The first-order valence-corrected chi connectivity index (χ1v) is 5.44. The van der Waals surface area contributed by atoms with E-state index in [0.717, 1.165) is 6.54 Å². The molecular formula is C9H16BrNO3. The van der Waals surface area contributed by atoms with Crippen LogP contribution in [-0.2, 0) is 14.3 Å². The normalized spacial score (nSPS) is 23.3. The minimum Gasteiger partial charge on any atom is -0.352 e. The Kier molecular flexibility index (Phi) is 3.92. The van der Waals surface area contributed by atoms with Crippen molar-refractivity contribution in [2.75, 3.05) is 27.3 Å². The van der Waals surface area contributed by atoms with E-state index in [1.807, 2.05) is 6.92 Å². The zero-order valence-electron chi connectivity index (χ0n) is 8.75. The number of carbonyl (C=O) groups excluding carboxylic acids is 1. The third-order valence-corrected chi connectivity index (χ3v) is 3.12. The van der Waals surface area contributed by atoms with E-state index < -0.39 is 5.79 Å². The molecule has 0 saturated carbocycles. The number of amides is 1. The van der Waals surface area contributed by atoms with Gasteiger partial charge in [-0.15, -0.1) is 0 Å². The van der Waals surface area contributed by atoms with Crippen molar-refractivity contribution in [3.05, 3.63) is 0 Å². The molecular weight excluding hydrogens is 250 g/mol. The van der Waals surface area contributed by atoms with Gasteiger partial charge in [-0.25, -0.2) is 0 Å². The van der Waals surface area contributed by atoms with E-state index >= 15 is 0 Å². The van der Waals surface area contributed by atoms with Gasteiger partial charge in [0.05, 0.1) is 6.54 Å². The van der Waals surface area contributed by atoms with Gasteiger partial charge in [0, 0.05) is 32.0 Å². The fourth-order valence-electron chi connectivity index (χ4n) is 1.44. The number of rotatable bonds is 4. The molecule has 1 aliphatic heterocycles. The lowest BCUT2D eigenvalue weighted by atomic mass is 10.3. The molecule has 0 aromatic heterocycles. The second kappa shape index (κ2) is 4.59. The summed E-state index contributed by atoms with van der Waals surface area (Å²) in [7, 11) is 3.16. The van der Waals surface area contributed by atoms with Crippen LogP contribution in [0.15, 0.2) is 0 Å². The predicted octanol–water partition coefficient (Wildman–Crippen LogP) is 0.991. The van der Waals surface area contributed by atoms with Gasteiger partial charge in [-0.1, -0.05) is 15.9 Å². The van der Waals surface area contributed by atoms with Crippen molar-refractivity contribution < 1.29 is 14.3 Å². The quantitative estimate of drug-likeness (QED) is 0.562. The van der Waals surface area contributed by atoms with Crippen LogP contribution in [0.1, 0.15) is 13.3 Å². The number of methoxy groups -OCH3 is 2. The zero-order chi connectivity index (χ0) is 10.8. The van der Waals surface area contributed by atoms with Gasteiger partial charge in [0.15, 0.2) is 5.79 Å². The highest BCUT2D eigenvalue weighted by atomic mass is 79.9. The third kappa shape index (κ3) is 2.68. The van der Waals surface area contributed by atoms with Crippen LogP contribution in [0, 0.1) is 0 Å². The van der Waals surface area contributed by atoms with Gasteiger partial charge in [-0.05, 0) is 6.92 Å². The standard InChI is InChI=1S/C9H16BrNO3/c1-9(13-2,14-3)6-11-5-7(10)4-8(11)12/h7H,4-6H2,1-3H3. The van der Waals surface area contributed by atoms with Gasteiger partial charge in [0.25, 0.3) is 0 Å². The molecule has 5 heteroatoms. The number of hydrogen-bond acceptors (Lipinski definition) is 3. The first-order chi connectivity index (χ1) is 6.50. The number of carbonyl (C=O) groups is 1. The molecule has 0 radical (unpaired) electrons. The Bertz CT molecular complexity index is 218. The molecule has 14 heavy (non-hydrogen) atoms. The van der Waals surface area contributed by atoms with Crippen LogP contribution in [0.4, 0.5) is 0 Å². The number of hydrogen-bond donors (Lipinski definition) is 0. The van der Waals surface area contributed by atoms with Crippen LogP contribution in [-0.4, -0.2) is 48.7 Å². The Morgan fingerprint density at radius 3 is 2.50 bits per heavy atom. The minimum absolute atomic E-state index is 0.146. The van der Waals surface area contributed by atoms with Crippen molar-refractivity contribution in [2.45, 2.75) is 24.0 Å². The maximum Gasteiger partial charge on any atom is 0.223 e. The van der Waals surface area contributed by atoms with Gasteiger partial charge in [-0.3, -0.25) is 4.79 Å². The molecule has 1 rings (SSSR count). The lowest BCUT2D eigenvalue weighted by Gasteiger charge is -2.31. The molecule has 0 aromatic rings. The molecule has 0 N–H and O–H groups in total. The van der Waals surface area contributed by atoms with Gasteiger partial charge >= 0.3 is 0 Å². The van der Waals surface area contributed by atoms with Crippen molar-refractivity contribution >= 4 is 21.8 Å². The van der Waals surface area contributed by atoms with E-state index in [1.54, 1.807) is 19.1 Å². The summed E-state index contributed by atoms with van der Waals surface area (Å²) in [6.07, 6.45) is 0.559. The van der Waals surface area contributed by atoms with E-state index in [9.17, 15) is 4.79 Å². The zero-order valence-corrected chi connectivity index (χ0v) is 10.3. The lowest BCUT2D eigenvalue weighted by Crippen LogP contribution is -2.44. The second-order valence-corrected chi connectivity index (χ2v) is 4.91. The molecule has 4 nitrogen and oxygen atoms in total. The predicted molar refractivity (Wildman–Crippen MR) is 56.3 cm³/mol. The van der Waals surface area contributed by atoms with Gasteiger partial charge in [-0.2, -0.15) is 0 Å². The Hall–Kier alpha value is -0.130. The van der Waals surface area contributed by atoms with Crippen LogP contribution < -0.4 is 0 Å².